The van der Waals surface area contributed by atoms with Gasteiger partial charge in [0.05, 0.1) is 6.10 Å². The van der Waals surface area contributed by atoms with E-state index in [-0.39, 0.29) is 30.6 Å². The van der Waals surface area contributed by atoms with E-state index in [1.165, 1.54) is 12.8 Å². The van der Waals surface area contributed by atoms with Gasteiger partial charge < -0.3 is 24.4 Å². The Morgan fingerprint density at radius 2 is 1.69 bits per heavy atom. The van der Waals surface area contributed by atoms with E-state index in [9.17, 15) is 9.59 Å². The summed E-state index contributed by atoms with van der Waals surface area (Å²) in [5, 5.41) is 3.25. The molecular weight excluding hydrogens is 456 g/mol. The summed E-state index contributed by atoms with van der Waals surface area (Å²) in [6, 6.07) is 13.3. The van der Waals surface area contributed by atoms with Crippen LogP contribution in [-0.4, -0.2) is 55.2 Å². The van der Waals surface area contributed by atoms with Gasteiger partial charge in [-0.25, -0.2) is 0 Å². The minimum atomic E-state index is 0.0316. The highest BCUT2D eigenvalue weighted by molar-refractivity contribution is 5.96. The van der Waals surface area contributed by atoms with Crippen molar-refractivity contribution in [3.8, 4) is 17.2 Å². The van der Waals surface area contributed by atoms with Crippen LogP contribution in [0.4, 0.5) is 0 Å². The Bertz CT molecular complexity index is 1010. The number of unbranched alkanes of at least 4 members (excludes halogenated alkanes) is 1. The summed E-state index contributed by atoms with van der Waals surface area (Å²) in [5.74, 6) is 2.45. The van der Waals surface area contributed by atoms with Gasteiger partial charge in [0.25, 0.3) is 0 Å². The number of carbonyl (C=O) groups is 2. The lowest BCUT2D eigenvalue weighted by molar-refractivity contribution is -0.122. The van der Waals surface area contributed by atoms with Crippen LogP contribution in [0.3, 0.4) is 0 Å². The SMILES string of the molecule is CC(C)Oc1ccc(C(=O)CCCCC(=O)N[C@@H](Cc2ccc3c(c2)OCO3)CN2CCCC2)cc1. The Morgan fingerprint density at radius 1 is 0.972 bits per heavy atom. The zero-order chi connectivity index (χ0) is 25.3. The highest BCUT2D eigenvalue weighted by atomic mass is 16.7. The Kier molecular flexibility index (Phi) is 9.23. The van der Waals surface area contributed by atoms with Gasteiger partial charge in [0.2, 0.25) is 12.7 Å². The number of hydrogen-bond donors (Lipinski definition) is 1. The fourth-order valence-corrected chi connectivity index (χ4v) is 4.80. The van der Waals surface area contributed by atoms with Gasteiger partial charge in [-0.15, -0.1) is 0 Å². The van der Waals surface area contributed by atoms with Crippen molar-refractivity contribution < 1.29 is 23.8 Å². The Balaban J connectivity index is 1.23. The number of hydrogen-bond acceptors (Lipinski definition) is 6. The summed E-state index contributed by atoms with van der Waals surface area (Å²) in [5.41, 5.74) is 1.81. The van der Waals surface area contributed by atoms with Crippen LogP contribution in [0.2, 0.25) is 0 Å². The lowest BCUT2D eigenvalue weighted by Gasteiger charge is -2.25. The van der Waals surface area contributed by atoms with E-state index in [0.29, 0.717) is 31.2 Å². The lowest BCUT2D eigenvalue weighted by atomic mass is 10.0. The van der Waals surface area contributed by atoms with Crippen molar-refractivity contribution in [3.63, 3.8) is 0 Å². The minimum absolute atomic E-state index is 0.0316. The molecule has 2 aromatic rings. The maximum absolute atomic E-state index is 12.8. The summed E-state index contributed by atoms with van der Waals surface area (Å²) in [6.45, 7) is 7.21. The number of Topliss-reactive ketones (excluding diaryl/α,β-unsaturated/α-hetero) is 1. The summed E-state index contributed by atoms with van der Waals surface area (Å²) < 4.78 is 16.6. The van der Waals surface area contributed by atoms with Crippen molar-refractivity contribution in [1.82, 2.24) is 10.2 Å². The van der Waals surface area contributed by atoms with Gasteiger partial charge in [-0.05, 0) is 101 Å². The molecule has 0 bridgehead atoms. The number of benzene rings is 2. The van der Waals surface area contributed by atoms with Crippen LogP contribution in [0.25, 0.3) is 0 Å². The zero-order valence-corrected chi connectivity index (χ0v) is 21.5. The van der Waals surface area contributed by atoms with Crippen molar-refractivity contribution >= 4 is 11.7 Å². The number of amides is 1. The van der Waals surface area contributed by atoms with Crippen LogP contribution >= 0.6 is 0 Å². The summed E-state index contributed by atoms with van der Waals surface area (Å²) >= 11 is 0. The average Bonchev–Trinajstić information content (AvgIpc) is 3.53. The fraction of sp³-hybridized carbons (Fsp3) is 0.517. The Labute approximate surface area is 214 Å². The number of likely N-dealkylation sites (tertiary alicyclic amines) is 1. The number of ketones is 1. The van der Waals surface area contributed by atoms with Crippen molar-refractivity contribution in [2.75, 3.05) is 26.4 Å². The number of ether oxygens (including phenoxy) is 3. The first-order valence-corrected chi connectivity index (χ1v) is 13.2. The summed E-state index contributed by atoms with van der Waals surface area (Å²) in [7, 11) is 0. The van der Waals surface area contributed by atoms with E-state index in [1.54, 1.807) is 0 Å². The van der Waals surface area contributed by atoms with Crippen LogP contribution in [0.5, 0.6) is 17.2 Å². The first-order valence-electron chi connectivity index (χ1n) is 13.2. The molecule has 0 radical (unpaired) electrons. The molecule has 0 unspecified atom stereocenters. The molecule has 2 aliphatic heterocycles. The quantitative estimate of drug-likeness (QED) is 0.319. The third kappa shape index (κ3) is 7.72. The average molecular weight is 495 g/mol. The van der Waals surface area contributed by atoms with Crippen molar-refractivity contribution in [1.29, 1.82) is 0 Å². The first kappa shape index (κ1) is 26.0. The van der Waals surface area contributed by atoms with Crippen LogP contribution in [0.15, 0.2) is 42.5 Å². The summed E-state index contributed by atoms with van der Waals surface area (Å²) in [4.78, 5) is 27.7. The van der Waals surface area contributed by atoms with Gasteiger partial charge >= 0.3 is 0 Å². The van der Waals surface area contributed by atoms with Gasteiger partial charge in [0.15, 0.2) is 17.3 Å². The predicted molar refractivity (Wildman–Crippen MR) is 139 cm³/mol. The Hall–Kier alpha value is -3.06. The highest BCUT2D eigenvalue weighted by Gasteiger charge is 2.21. The van der Waals surface area contributed by atoms with Crippen LogP contribution in [-0.2, 0) is 11.2 Å². The molecule has 2 aliphatic rings. The minimum Gasteiger partial charge on any atom is -0.491 e. The molecule has 194 valence electrons. The van der Waals surface area contributed by atoms with Crippen molar-refractivity contribution in [2.24, 2.45) is 0 Å². The van der Waals surface area contributed by atoms with Crippen LogP contribution in [0.1, 0.15) is 68.3 Å². The lowest BCUT2D eigenvalue weighted by Crippen LogP contribution is -2.44. The third-order valence-corrected chi connectivity index (χ3v) is 6.57. The van der Waals surface area contributed by atoms with E-state index in [1.807, 2.05) is 56.3 Å². The monoisotopic (exact) mass is 494 g/mol. The van der Waals surface area contributed by atoms with E-state index in [0.717, 1.165) is 48.9 Å². The molecule has 2 heterocycles. The number of fused-ring (bicyclic) bond motifs is 1. The van der Waals surface area contributed by atoms with Gasteiger partial charge in [-0.1, -0.05) is 6.07 Å². The standard InChI is InChI=1S/C29H38N2O5/c1-21(2)36-25-12-10-23(11-13-25)26(32)7-3-4-8-29(33)30-24(19-31-15-5-6-16-31)17-22-9-14-27-28(18-22)35-20-34-27/h9-14,18,21,24H,3-8,15-17,19-20H2,1-2H3,(H,30,33)/t24-/m0/s1. The van der Waals surface area contributed by atoms with E-state index in [4.69, 9.17) is 14.2 Å². The predicted octanol–water partition coefficient (Wildman–Crippen LogP) is 4.77. The second kappa shape index (κ2) is 12.8. The molecule has 0 saturated carbocycles. The van der Waals surface area contributed by atoms with Crippen LogP contribution in [0, 0.1) is 0 Å². The molecule has 1 atom stereocenters. The molecule has 1 saturated heterocycles. The first-order chi connectivity index (χ1) is 17.5. The molecule has 1 fully saturated rings. The van der Waals surface area contributed by atoms with E-state index < -0.39 is 0 Å². The second-order valence-electron chi connectivity index (χ2n) is 9.99. The molecule has 0 spiro atoms. The fourth-order valence-electron chi connectivity index (χ4n) is 4.80. The molecular formula is C29H38N2O5. The van der Waals surface area contributed by atoms with E-state index >= 15 is 0 Å². The number of rotatable bonds is 13. The molecule has 7 nitrogen and oxygen atoms in total. The molecule has 0 aliphatic carbocycles. The molecule has 4 rings (SSSR count). The highest BCUT2D eigenvalue weighted by Crippen LogP contribution is 2.32. The van der Waals surface area contributed by atoms with Crippen molar-refractivity contribution in [2.45, 2.75) is 70.9 Å². The molecule has 1 N–H and O–H groups in total. The zero-order valence-electron chi connectivity index (χ0n) is 21.5. The number of nitrogens with zero attached hydrogens (tertiary/aromatic N) is 1. The normalized spacial score (nSPS) is 15.8. The van der Waals surface area contributed by atoms with Crippen molar-refractivity contribution in [3.05, 3.63) is 53.6 Å². The smallest absolute Gasteiger partial charge is 0.231 e. The van der Waals surface area contributed by atoms with Gasteiger partial charge in [0, 0.05) is 31.0 Å². The van der Waals surface area contributed by atoms with E-state index in [2.05, 4.69) is 10.2 Å². The van der Waals surface area contributed by atoms with Crippen LogP contribution < -0.4 is 19.5 Å². The molecule has 0 aromatic heterocycles. The number of nitrogens with one attached hydrogen (secondary N) is 1. The number of carbonyl (C=O) groups excluding carboxylic acids is 2. The maximum atomic E-state index is 12.8. The maximum Gasteiger partial charge on any atom is 0.231 e. The third-order valence-electron chi connectivity index (χ3n) is 6.57. The second-order valence-corrected chi connectivity index (χ2v) is 9.99. The molecule has 2 aromatic carbocycles. The molecule has 36 heavy (non-hydrogen) atoms. The van der Waals surface area contributed by atoms with Gasteiger partial charge in [0.1, 0.15) is 5.75 Å². The Morgan fingerprint density at radius 3 is 2.44 bits per heavy atom. The van der Waals surface area contributed by atoms with Gasteiger partial charge in [-0.2, -0.15) is 0 Å². The van der Waals surface area contributed by atoms with Gasteiger partial charge in [-0.3, -0.25) is 9.59 Å². The molecule has 7 heteroatoms. The topological polar surface area (TPSA) is 77.1 Å². The summed E-state index contributed by atoms with van der Waals surface area (Å²) in [6.07, 6.45) is 5.51. The largest absolute Gasteiger partial charge is 0.491 e. The molecule has 1 amide bonds.